The Morgan fingerprint density at radius 2 is 1.93 bits per heavy atom. The molecule has 86 valence electrons. The Bertz CT molecular complexity index is 335. The predicted molar refractivity (Wildman–Crippen MR) is 58.8 cm³/mol. The minimum Gasteiger partial charge on any atom is -0.324 e. The van der Waals surface area contributed by atoms with Crippen LogP contribution in [0.1, 0.15) is 18.0 Å². The third kappa shape index (κ3) is 3.36. The summed E-state index contributed by atoms with van der Waals surface area (Å²) in [6.07, 6.45) is -0.0930. The third-order valence-corrected chi connectivity index (χ3v) is 2.48. The number of benzene rings is 1. The van der Waals surface area contributed by atoms with Crippen LogP contribution in [0, 0.1) is 11.6 Å². The molecule has 0 aliphatic rings. The summed E-state index contributed by atoms with van der Waals surface area (Å²) in [7, 11) is 0. The Labute approximate surface area is 100 Å². The van der Waals surface area contributed by atoms with Crippen LogP contribution in [-0.4, -0.2) is 6.67 Å². The fraction of sp³-hybridized carbons (Fsp3) is 0.333. The lowest BCUT2D eigenvalue weighted by atomic mass is 10.0. The van der Waals surface area contributed by atoms with Crippen molar-refractivity contribution in [1.82, 2.24) is 0 Å². The highest BCUT2D eigenvalue weighted by Gasteiger charge is 2.18. The summed E-state index contributed by atoms with van der Waals surface area (Å²) < 4.78 is 38.6. The maximum atomic E-state index is 13.3. The van der Waals surface area contributed by atoms with Crippen molar-refractivity contribution >= 4 is 28.3 Å². The van der Waals surface area contributed by atoms with Crippen LogP contribution >= 0.6 is 28.3 Å². The first-order valence-electron chi connectivity index (χ1n) is 4.03. The SMILES string of the molecule is Cl.N[C@H](CCF)c1c(F)ccc(Br)c1F. The summed E-state index contributed by atoms with van der Waals surface area (Å²) in [4.78, 5) is 0. The van der Waals surface area contributed by atoms with Crippen molar-refractivity contribution in [2.24, 2.45) is 5.73 Å². The van der Waals surface area contributed by atoms with Crippen molar-refractivity contribution in [3.05, 3.63) is 33.8 Å². The van der Waals surface area contributed by atoms with E-state index in [0.717, 1.165) is 6.07 Å². The molecular weight excluding hydrogens is 294 g/mol. The second kappa shape index (κ2) is 6.35. The highest BCUT2D eigenvalue weighted by molar-refractivity contribution is 9.10. The Morgan fingerprint density at radius 1 is 1.33 bits per heavy atom. The van der Waals surface area contributed by atoms with E-state index in [1.54, 1.807) is 0 Å². The van der Waals surface area contributed by atoms with Gasteiger partial charge in [-0.3, -0.25) is 4.39 Å². The molecule has 15 heavy (non-hydrogen) atoms. The number of halogens is 5. The molecule has 0 radical (unpaired) electrons. The number of hydrogen-bond acceptors (Lipinski definition) is 1. The molecule has 0 saturated carbocycles. The molecule has 0 saturated heterocycles. The first kappa shape index (κ1) is 14.7. The molecule has 0 bridgehead atoms. The normalized spacial score (nSPS) is 12.1. The number of rotatable bonds is 3. The largest absolute Gasteiger partial charge is 0.324 e. The van der Waals surface area contributed by atoms with Crippen LogP contribution in [0.25, 0.3) is 0 Å². The Balaban J connectivity index is 0.00000196. The van der Waals surface area contributed by atoms with Crippen molar-refractivity contribution in [2.45, 2.75) is 12.5 Å². The van der Waals surface area contributed by atoms with Gasteiger partial charge in [0.1, 0.15) is 11.6 Å². The van der Waals surface area contributed by atoms with Crippen LogP contribution in [-0.2, 0) is 0 Å². The van der Waals surface area contributed by atoms with E-state index >= 15 is 0 Å². The van der Waals surface area contributed by atoms with Crippen molar-refractivity contribution < 1.29 is 13.2 Å². The molecule has 2 N–H and O–H groups in total. The molecule has 0 spiro atoms. The summed E-state index contributed by atoms with van der Waals surface area (Å²) >= 11 is 2.91. The quantitative estimate of drug-likeness (QED) is 0.850. The van der Waals surface area contributed by atoms with Crippen LogP contribution < -0.4 is 5.73 Å². The smallest absolute Gasteiger partial charge is 0.145 e. The van der Waals surface area contributed by atoms with Gasteiger partial charge in [-0.05, 0) is 34.5 Å². The standard InChI is InChI=1S/C9H9BrF3N.ClH/c10-5-1-2-6(12)8(9(5)13)7(14)3-4-11;/h1-2,7H,3-4,14H2;1H/t7-;/m1./s1. The molecule has 0 aromatic heterocycles. The van der Waals surface area contributed by atoms with Gasteiger partial charge in [0.15, 0.2) is 0 Å². The number of nitrogens with two attached hydrogens (primary N) is 1. The van der Waals surface area contributed by atoms with E-state index in [-0.39, 0.29) is 28.9 Å². The lowest BCUT2D eigenvalue weighted by Gasteiger charge is -2.12. The summed E-state index contributed by atoms with van der Waals surface area (Å²) in [5.74, 6) is -1.50. The van der Waals surface area contributed by atoms with Crippen molar-refractivity contribution in [1.29, 1.82) is 0 Å². The lowest BCUT2D eigenvalue weighted by Crippen LogP contribution is -2.15. The summed E-state index contributed by atoms with van der Waals surface area (Å²) in [5.41, 5.74) is 5.17. The molecule has 0 heterocycles. The Morgan fingerprint density at radius 3 is 2.47 bits per heavy atom. The van der Waals surface area contributed by atoms with Gasteiger partial charge in [0.2, 0.25) is 0 Å². The van der Waals surface area contributed by atoms with Gasteiger partial charge in [-0.2, -0.15) is 0 Å². The molecule has 1 rings (SSSR count). The number of hydrogen-bond donors (Lipinski definition) is 1. The molecule has 0 aliphatic heterocycles. The molecule has 1 aromatic rings. The monoisotopic (exact) mass is 303 g/mol. The first-order chi connectivity index (χ1) is 6.57. The molecule has 1 aromatic carbocycles. The zero-order valence-electron chi connectivity index (χ0n) is 7.64. The Hall–Kier alpha value is -0.260. The number of alkyl halides is 1. The Kier molecular flexibility index (Phi) is 6.24. The molecule has 0 unspecified atom stereocenters. The molecular formula is C9H10BrClF3N. The van der Waals surface area contributed by atoms with Crippen LogP contribution in [0.4, 0.5) is 13.2 Å². The summed E-state index contributed by atoms with van der Waals surface area (Å²) in [6, 6.07) is 1.40. The van der Waals surface area contributed by atoms with Crippen molar-refractivity contribution in [3.8, 4) is 0 Å². The highest BCUT2D eigenvalue weighted by atomic mass is 79.9. The topological polar surface area (TPSA) is 26.0 Å². The highest BCUT2D eigenvalue weighted by Crippen LogP contribution is 2.26. The second-order valence-corrected chi connectivity index (χ2v) is 3.70. The molecule has 0 fully saturated rings. The van der Waals surface area contributed by atoms with Crippen LogP contribution in [0.3, 0.4) is 0 Å². The van der Waals surface area contributed by atoms with Gasteiger partial charge in [-0.15, -0.1) is 12.4 Å². The average molecular weight is 305 g/mol. The fourth-order valence-electron chi connectivity index (χ4n) is 1.14. The van der Waals surface area contributed by atoms with Gasteiger partial charge in [0, 0.05) is 11.6 Å². The van der Waals surface area contributed by atoms with Gasteiger partial charge in [-0.25, -0.2) is 8.78 Å². The maximum absolute atomic E-state index is 13.3. The zero-order chi connectivity index (χ0) is 10.7. The molecule has 0 aliphatic carbocycles. The summed E-state index contributed by atoms with van der Waals surface area (Å²) in [6.45, 7) is -0.702. The molecule has 6 heteroatoms. The minimum atomic E-state index is -0.947. The van der Waals surface area contributed by atoms with Crippen LogP contribution in [0.15, 0.2) is 16.6 Å². The van der Waals surface area contributed by atoms with E-state index in [9.17, 15) is 13.2 Å². The molecule has 1 nitrogen and oxygen atoms in total. The van der Waals surface area contributed by atoms with E-state index in [2.05, 4.69) is 15.9 Å². The second-order valence-electron chi connectivity index (χ2n) is 2.84. The lowest BCUT2D eigenvalue weighted by molar-refractivity contribution is 0.425. The van der Waals surface area contributed by atoms with Crippen molar-refractivity contribution in [2.75, 3.05) is 6.67 Å². The van der Waals surface area contributed by atoms with Crippen LogP contribution in [0.2, 0.25) is 0 Å². The van der Waals surface area contributed by atoms with E-state index in [1.165, 1.54) is 6.07 Å². The van der Waals surface area contributed by atoms with Gasteiger partial charge in [0.05, 0.1) is 11.1 Å². The summed E-state index contributed by atoms with van der Waals surface area (Å²) in [5, 5.41) is 0. The fourth-order valence-corrected chi connectivity index (χ4v) is 1.49. The molecule has 1 atom stereocenters. The maximum Gasteiger partial charge on any atom is 0.145 e. The van der Waals surface area contributed by atoms with E-state index < -0.39 is 24.4 Å². The van der Waals surface area contributed by atoms with E-state index in [1.807, 2.05) is 0 Å². The van der Waals surface area contributed by atoms with Gasteiger partial charge < -0.3 is 5.73 Å². The van der Waals surface area contributed by atoms with Crippen molar-refractivity contribution in [3.63, 3.8) is 0 Å². The van der Waals surface area contributed by atoms with Gasteiger partial charge in [0.25, 0.3) is 0 Å². The molecule has 0 amide bonds. The van der Waals surface area contributed by atoms with Crippen LogP contribution in [0.5, 0.6) is 0 Å². The predicted octanol–water partition coefficient (Wildman–Crippen LogP) is 3.51. The third-order valence-electron chi connectivity index (χ3n) is 1.87. The van der Waals surface area contributed by atoms with Gasteiger partial charge >= 0.3 is 0 Å². The minimum absolute atomic E-state index is 0. The van der Waals surface area contributed by atoms with Gasteiger partial charge in [-0.1, -0.05) is 0 Å². The van der Waals surface area contributed by atoms with E-state index in [0.29, 0.717) is 0 Å². The average Bonchev–Trinajstić information content (AvgIpc) is 2.13. The zero-order valence-corrected chi connectivity index (χ0v) is 10.0. The first-order valence-corrected chi connectivity index (χ1v) is 4.82. The van der Waals surface area contributed by atoms with E-state index in [4.69, 9.17) is 5.73 Å².